The third-order valence-electron chi connectivity index (χ3n) is 6.74. The van der Waals surface area contributed by atoms with Crippen molar-refractivity contribution in [2.45, 2.75) is 31.3 Å². The van der Waals surface area contributed by atoms with E-state index in [4.69, 9.17) is 0 Å². The fourth-order valence-electron chi connectivity index (χ4n) is 5.38. The van der Waals surface area contributed by atoms with Crippen LogP contribution in [0.25, 0.3) is 10.8 Å². The molecule has 141 valence electrons. The average Bonchev–Trinajstić information content (AvgIpc) is 3.34. The Hall–Kier alpha value is -2.04. The number of hydrogen-bond acceptors (Lipinski definition) is 3. The van der Waals surface area contributed by atoms with Crippen molar-refractivity contribution in [3.05, 3.63) is 76.9 Å². The fraction of sp³-hybridized carbons (Fsp3) is 0.292. The van der Waals surface area contributed by atoms with Gasteiger partial charge in [0.15, 0.2) is 0 Å². The average molecular weight is 433 g/mol. The molecule has 1 radical (unpaired) electrons. The van der Waals surface area contributed by atoms with Crippen molar-refractivity contribution in [2.24, 2.45) is 0 Å². The molecular formula is C24H23BrN3. The number of nitrogens with one attached hydrogen (secondary N) is 1. The van der Waals surface area contributed by atoms with E-state index in [2.05, 4.69) is 92.3 Å². The molecule has 3 nitrogen and oxygen atoms in total. The topological polar surface area (TPSA) is 18.5 Å². The maximum atomic E-state index is 3.85. The van der Waals surface area contributed by atoms with E-state index >= 15 is 0 Å². The number of anilines is 2. The molecule has 1 aliphatic carbocycles. The molecule has 1 fully saturated rings. The van der Waals surface area contributed by atoms with Crippen LogP contribution < -0.4 is 10.2 Å². The van der Waals surface area contributed by atoms with Crippen molar-refractivity contribution in [2.75, 3.05) is 23.3 Å². The van der Waals surface area contributed by atoms with Gasteiger partial charge in [0, 0.05) is 29.6 Å². The number of piperidine rings is 1. The summed E-state index contributed by atoms with van der Waals surface area (Å²) >= 11 is 3.85. The first-order chi connectivity index (χ1) is 13.8. The van der Waals surface area contributed by atoms with E-state index in [-0.39, 0.29) is 0 Å². The van der Waals surface area contributed by atoms with E-state index in [0.29, 0.717) is 12.1 Å². The molecule has 0 aromatic heterocycles. The van der Waals surface area contributed by atoms with Crippen LogP contribution in [0.2, 0.25) is 0 Å². The minimum atomic E-state index is 0.504. The number of hydrogen-bond donors (Lipinski definition) is 1. The van der Waals surface area contributed by atoms with E-state index in [9.17, 15) is 0 Å². The molecule has 1 unspecified atom stereocenters. The van der Waals surface area contributed by atoms with Gasteiger partial charge in [0.1, 0.15) is 6.67 Å². The molecule has 1 saturated heterocycles. The summed E-state index contributed by atoms with van der Waals surface area (Å²) in [5.41, 5.74) is 5.56. The molecule has 0 saturated carbocycles. The molecule has 28 heavy (non-hydrogen) atoms. The van der Waals surface area contributed by atoms with Gasteiger partial charge in [-0.05, 0) is 59.4 Å². The summed E-state index contributed by atoms with van der Waals surface area (Å²) < 4.78 is 1.27. The lowest BCUT2D eigenvalue weighted by molar-refractivity contribution is 0.154. The van der Waals surface area contributed by atoms with Gasteiger partial charge in [-0.1, -0.05) is 52.3 Å². The lowest BCUT2D eigenvalue weighted by atomic mass is 9.98. The monoisotopic (exact) mass is 432 g/mol. The number of nitrogens with zero attached hydrogens (tertiary/aromatic N) is 2. The highest BCUT2D eigenvalue weighted by atomic mass is 79.9. The first kappa shape index (κ1) is 16.9. The van der Waals surface area contributed by atoms with Crippen LogP contribution in [0, 0.1) is 6.67 Å². The van der Waals surface area contributed by atoms with E-state index in [1.54, 1.807) is 0 Å². The Morgan fingerprint density at radius 1 is 0.929 bits per heavy atom. The Labute approximate surface area is 174 Å². The molecular weight excluding hydrogens is 410 g/mol. The predicted molar refractivity (Wildman–Crippen MR) is 120 cm³/mol. The second-order valence-electron chi connectivity index (χ2n) is 8.16. The fourth-order valence-corrected chi connectivity index (χ4v) is 5.98. The summed E-state index contributed by atoms with van der Waals surface area (Å²) in [5, 5.41) is 6.29. The van der Waals surface area contributed by atoms with Crippen molar-refractivity contribution in [1.82, 2.24) is 4.90 Å². The second-order valence-corrected chi connectivity index (χ2v) is 9.02. The molecule has 3 aliphatic rings. The highest BCUT2D eigenvalue weighted by molar-refractivity contribution is 9.10. The van der Waals surface area contributed by atoms with Gasteiger partial charge in [-0.25, -0.2) is 0 Å². The van der Waals surface area contributed by atoms with Crippen LogP contribution in [0.1, 0.15) is 30.0 Å². The number of para-hydroxylation sites is 2. The van der Waals surface area contributed by atoms with Crippen LogP contribution in [0.4, 0.5) is 11.4 Å². The largest absolute Gasteiger partial charge is 0.360 e. The zero-order valence-corrected chi connectivity index (χ0v) is 17.3. The Balaban J connectivity index is 1.23. The number of halogens is 1. The summed E-state index contributed by atoms with van der Waals surface area (Å²) in [4.78, 5) is 5.16. The molecule has 3 aromatic rings. The van der Waals surface area contributed by atoms with Crippen molar-refractivity contribution in [3.8, 4) is 0 Å². The van der Waals surface area contributed by atoms with Gasteiger partial charge in [0.2, 0.25) is 0 Å². The summed E-state index contributed by atoms with van der Waals surface area (Å²) in [5.74, 6) is 0. The van der Waals surface area contributed by atoms with Crippen molar-refractivity contribution in [1.29, 1.82) is 0 Å². The third kappa shape index (κ3) is 2.51. The van der Waals surface area contributed by atoms with E-state index in [1.165, 1.54) is 50.6 Å². The van der Waals surface area contributed by atoms with Crippen LogP contribution in [-0.4, -0.2) is 24.0 Å². The van der Waals surface area contributed by atoms with Gasteiger partial charge in [-0.3, -0.25) is 4.90 Å². The van der Waals surface area contributed by atoms with Gasteiger partial charge in [0.25, 0.3) is 0 Å². The normalized spacial score (nSPS) is 21.9. The van der Waals surface area contributed by atoms with E-state index in [0.717, 1.165) is 19.5 Å². The van der Waals surface area contributed by atoms with Crippen LogP contribution in [0.5, 0.6) is 0 Å². The summed E-state index contributed by atoms with van der Waals surface area (Å²) in [7, 11) is 0. The molecule has 3 aromatic carbocycles. The molecule has 6 rings (SSSR count). The molecule has 2 heterocycles. The molecule has 0 bridgehead atoms. The maximum Gasteiger partial charge on any atom is 0.139 e. The van der Waals surface area contributed by atoms with E-state index in [1.807, 2.05) is 0 Å². The maximum absolute atomic E-state index is 3.85. The number of rotatable bonds is 2. The second kappa shape index (κ2) is 6.50. The minimum absolute atomic E-state index is 0.504. The lowest BCUT2D eigenvalue weighted by Crippen LogP contribution is -2.44. The van der Waals surface area contributed by atoms with Gasteiger partial charge >= 0.3 is 0 Å². The molecule has 1 atom stereocenters. The zero-order valence-electron chi connectivity index (χ0n) is 15.7. The molecule has 0 amide bonds. The minimum Gasteiger partial charge on any atom is -0.360 e. The highest BCUT2D eigenvalue weighted by Crippen LogP contribution is 2.45. The molecule has 2 aliphatic heterocycles. The number of fused-ring (bicyclic) bond motifs is 1. The molecule has 0 spiro atoms. The Bertz CT molecular complexity index is 1050. The van der Waals surface area contributed by atoms with Crippen LogP contribution >= 0.6 is 15.9 Å². The van der Waals surface area contributed by atoms with Gasteiger partial charge < -0.3 is 10.2 Å². The van der Waals surface area contributed by atoms with Crippen molar-refractivity contribution >= 4 is 38.1 Å². The lowest BCUT2D eigenvalue weighted by Gasteiger charge is -2.40. The van der Waals surface area contributed by atoms with Gasteiger partial charge in [0.05, 0.1) is 11.4 Å². The predicted octanol–water partition coefficient (Wildman–Crippen LogP) is 5.72. The summed E-state index contributed by atoms with van der Waals surface area (Å²) in [6.07, 6.45) is 3.54. The standard InChI is InChI=1S/C24H23BrN3/c25-19-9-8-16-4-3-5-17-14-22(24(19)23(16)17)27-12-10-18(11-13-27)28-15-26-20-6-1-2-7-21(20)28/h1-9,15,18,22,26H,10-14H2. The van der Waals surface area contributed by atoms with Crippen molar-refractivity contribution < 1.29 is 0 Å². The van der Waals surface area contributed by atoms with Gasteiger partial charge in [-0.2, -0.15) is 0 Å². The Morgan fingerprint density at radius 3 is 2.68 bits per heavy atom. The van der Waals surface area contributed by atoms with Crippen LogP contribution in [-0.2, 0) is 6.42 Å². The number of benzene rings is 3. The first-order valence-corrected chi connectivity index (χ1v) is 11.0. The summed E-state index contributed by atoms with van der Waals surface area (Å²) in [6, 6.07) is 20.9. The molecule has 4 heteroatoms. The molecule has 1 N–H and O–H groups in total. The van der Waals surface area contributed by atoms with Crippen molar-refractivity contribution in [3.63, 3.8) is 0 Å². The van der Waals surface area contributed by atoms with Crippen LogP contribution in [0.15, 0.2) is 59.1 Å². The SMILES string of the molecule is Brc1ccc2cccc3c2c1C(N1CCC(N2[CH]Nc4ccccc42)CC1)C3. The smallest absolute Gasteiger partial charge is 0.139 e. The first-order valence-electron chi connectivity index (χ1n) is 10.2. The Morgan fingerprint density at radius 2 is 1.79 bits per heavy atom. The number of likely N-dealkylation sites (tertiary alicyclic amines) is 1. The third-order valence-corrected chi connectivity index (χ3v) is 7.43. The van der Waals surface area contributed by atoms with Crippen LogP contribution in [0.3, 0.4) is 0 Å². The quantitative estimate of drug-likeness (QED) is 0.558. The zero-order chi connectivity index (χ0) is 18.7. The summed E-state index contributed by atoms with van der Waals surface area (Å²) in [6.45, 7) is 4.46. The van der Waals surface area contributed by atoms with E-state index < -0.39 is 0 Å². The Kier molecular flexibility index (Phi) is 3.92. The highest BCUT2D eigenvalue weighted by Gasteiger charge is 2.35. The van der Waals surface area contributed by atoms with Gasteiger partial charge in [-0.15, -0.1) is 0 Å².